The molecule has 1 aliphatic carbocycles. The van der Waals surface area contributed by atoms with Crippen molar-refractivity contribution < 1.29 is 19.1 Å². The molecule has 1 saturated carbocycles. The molecule has 2 fully saturated rings. The number of carbonyl (C=O) groups is 3. The number of urea groups is 1. The molecule has 1 aromatic heterocycles. The highest BCUT2D eigenvalue weighted by molar-refractivity contribution is 6.08. The SMILES string of the molecule is CC1CCC2(CC1)NC(=O)N(CC(=O)OCCCc1cccnc1)C2=O. The zero-order valence-corrected chi connectivity index (χ0v) is 15.1. The third kappa shape index (κ3) is 4.03. The zero-order chi connectivity index (χ0) is 18.6. The van der Waals surface area contributed by atoms with Crippen LogP contribution in [0.4, 0.5) is 4.79 Å². The average molecular weight is 359 g/mol. The van der Waals surface area contributed by atoms with Gasteiger partial charge in [0.15, 0.2) is 0 Å². The normalized spacial score (nSPS) is 25.4. The molecule has 0 unspecified atom stereocenters. The monoisotopic (exact) mass is 359 g/mol. The first kappa shape index (κ1) is 18.4. The molecule has 1 N–H and O–H groups in total. The molecule has 2 aliphatic rings. The fourth-order valence-electron chi connectivity index (χ4n) is 3.60. The van der Waals surface area contributed by atoms with Crippen LogP contribution < -0.4 is 5.32 Å². The number of nitrogens with zero attached hydrogens (tertiary/aromatic N) is 2. The van der Waals surface area contributed by atoms with Crippen molar-refractivity contribution in [1.82, 2.24) is 15.2 Å². The summed E-state index contributed by atoms with van der Waals surface area (Å²) in [6, 6.07) is 3.34. The lowest BCUT2D eigenvalue weighted by molar-refractivity contribution is -0.148. The Morgan fingerprint density at radius 3 is 2.85 bits per heavy atom. The summed E-state index contributed by atoms with van der Waals surface area (Å²) in [5.74, 6) is -0.285. The van der Waals surface area contributed by atoms with Gasteiger partial charge in [-0.25, -0.2) is 4.79 Å². The third-order valence-corrected chi connectivity index (χ3v) is 5.26. The number of esters is 1. The highest BCUT2D eigenvalue weighted by Crippen LogP contribution is 2.36. The Morgan fingerprint density at radius 1 is 1.38 bits per heavy atom. The number of rotatable bonds is 6. The van der Waals surface area contributed by atoms with E-state index in [2.05, 4.69) is 17.2 Å². The number of carbonyl (C=O) groups excluding carboxylic acids is 3. The second-order valence-electron chi connectivity index (χ2n) is 7.27. The Bertz CT molecular complexity index is 669. The molecule has 7 nitrogen and oxygen atoms in total. The first-order valence-electron chi connectivity index (χ1n) is 9.19. The Kier molecular flexibility index (Phi) is 5.54. The molecule has 1 aromatic rings. The average Bonchev–Trinajstić information content (AvgIpc) is 2.87. The second-order valence-corrected chi connectivity index (χ2v) is 7.27. The number of aromatic nitrogens is 1. The van der Waals surface area contributed by atoms with Gasteiger partial charge in [-0.15, -0.1) is 0 Å². The lowest BCUT2D eigenvalue weighted by Crippen LogP contribution is -2.49. The van der Waals surface area contributed by atoms with E-state index in [-0.39, 0.29) is 19.1 Å². The number of amides is 3. The van der Waals surface area contributed by atoms with Crippen molar-refractivity contribution >= 4 is 17.9 Å². The lowest BCUT2D eigenvalue weighted by atomic mass is 9.77. The quantitative estimate of drug-likeness (QED) is 0.477. The van der Waals surface area contributed by atoms with Gasteiger partial charge in [-0.1, -0.05) is 13.0 Å². The van der Waals surface area contributed by atoms with Crippen LogP contribution in [-0.2, 0) is 20.7 Å². The summed E-state index contributed by atoms with van der Waals surface area (Å²) >= 11 is 0. The zero-order valence-electron chi connectivity index (χ0n) is 15.1. The van der Waals surface area contributed by atoms with Crippen LogP contribution in [0.5, 0.6) is 0 Å². The molecule has 3 rings (SSSR count). The van der Waals surface area contributed by atoms with Crippen molar-refractivity contribution in [3.8, 4) is 0 Å². The maximum atomic E-state index is 12.7. The summed E-state index contributed by atoms with van der Waals surface area (Å²) in [6.07, 6.45) is 7.98. The summed E-state index contributed by atoms with van der Waals surface area (Å²) in [4.78, 5) is 41.9. The van der Waals surface area contributed by atoms with E-state index >= 15 is 0 Å². The van der Waals surface area contributed by atoms with Gasteiger partial charge in [-0.3, -0.25) is 19.5 Å². The maximum absolute atomic E-state index is 12.7. The Morgan fingerprint density at radius 2 is 2.15 bits per heavy atom. The molecule has 2 heterocycles. The van der Waals surface area contributed by atoms with Crippen molar-refractivity contribution in [3.63, 3.8) is 0 Å². The smallest absolute Gasteiger partial charge is 0.326 e. The summed E-state index contributed by atoms with van der Waals surface area (Å²) in [6.45, 7) is 2.07. The number of hydrogen-bond acceptors (Lipinski definition) is 5. The van der Waals surface area contributed by atoms with E-state index in [1.54, 1.807) is 12.4 Å². The van der Waals surface area contributed by atoms with E-state index in [0.29, 0.717) is 25.2 Å². The van der Waals surface area contributed by atoms with Crippen molar-refractivity contribution in [2.24, 2.45) is 5.92 Å². The Hall–Kier alpha value is -2.44. The van der Waals surface area contributed by atoms with Gasteiger partial charge in [0.25, 0.3) is 5.91 Å². The molecule has 1 aliphatic heterocycles. The largest absolute Gasteiger partial charge is 0.464 e. The van der Waals surface area contributed by atoms with Gasteiger partial charge in [-0.2, -0.15) is 0 Å². The summed E-state index contributed by atoms with van der Waals surface area (Å²) in [7, 11) is 0. The molecule has 26 heavy (non-hydrogen) atoms. The van der Waals surface area contributed by atoms with E-state index in [1.165, 1.54) is 0 Å². The molecule has 0 radical (unpaired) electrons. The van der Waals surface area contributed by atoms with Gasteiger partial charge in [0, 0.05) is 12.4 Å². The predicted molar refractivity (Wildman–Crippen MR) is 94.1 cm³/mol. The molecule has 7 heteroatoms. The van der Waals surface area contributed by atoms with Crippen LogP contribution in [0.2, 0.25) is 0 Å². The number of imide groups is 1. The minimum Gasteiger partial charge on any atom is -0.464 e. The van der Waals surface area contributed by atoms with Crippen molar-refractivity contribution in [1.29, 1.82) is 0 Å². The van der Waals surface area contributed by atoms with E-state index < -0.39 is 17.5 Å². The number of ether oxygens (including phenoxy) is 1. The molecule has 0 atom stereocenters. The van der Waals surface area contributed by atoms with Gasteiger partial charge >= 0.3 is 12.0 Å². The van der Waals surface area contributed by atoms with Gasteiger partial charge in [0.1, 0.15) is 12.1 Å². The van der Waals surface area contributed by atoms with Crippen LogP contribution in [0.15, 0.2) is 24.5 Å². The fraction of sp³-hybridized carbons (Fsp3) is 0.579. The summed E-state index contributed by atoms with van der Waals surface area (Å²) in [5, 5.41) is 2.81. The topological polar surface area (TPSA) is 88.6 Å². The van der Waals surface area contributed by atoms with Crippen LogP contribution >= 0.6 is 0 Å². The molecule has 3 amide bonds. The molecule has 140 valence electrons. The minimum absolute atomic E-state index is 0.250. The van der Waals surface area contributed by atoms with Gasteiger partial charge in [-0.05, 0) is 56.1 Å². The molecule has 0 aromatic carbocycles. The first-order valence-corrected chi connectivity index (χ1v) is 9.19. The third-order valence-electron chi connectivity index (χ3n) is 5.26. The van der Waals surface area contributed by atoms with Gasteiger partial charge in [0.05, 0.1) is 6.61 Å². The van der Waals surface area contributed by atoms with Gasteiger partial charge in [0.2, 0.25) is 0 Å². The fourth-order valence-corrected chi connectivity index (χ4v) is 3.60. The van der Waals surface area contributed by atoms with E-state index in [4.69, 9.17) is 4.74 Å². The Labute approximate surface area is 153 Å². The second kappa shape index (κ2) is 7.85. The Balaban J connectivity index is 1.45. The van der Waals surface area contributed by atoms with Crippen LogP contribution in [0.25, 0.3) is 0 Å². The lowest BCUT2D eigenvalue weighted by Gasteiger charge is -2.33. The molecule has 1 saturated heterocycles. The maximum Gasteiger partial charge on any atom is 0.326 e. The minimum atomic E-state index is -0.815. The number of aryl methyl sites for hydroxylation is 1. The predicted octanol–water partition coefficient (Wildman–Crippen LogP) is 2.06. The molecular weight excluding hydrogens is 334 g/mol. The van der Waals surface area contributed by atoms with Crippen molar-refractivity contribution in [2.75, 3.05) is 13.2 Å². The summed E-state index contributed by atoms with van der Waals surface area (Å²) < 4.78 is 5.18. The molecule has 0 bridgehead atoms. The summed E-state index contributed by atoms with van der Waals surface area (Å²) in [5.41, 5.74) is 0.260. The van der Waals surface area contributed by atoms with E-state index in [0.717, 1.165) is 29.7 Å². The van der Waals surface area contributed by atoms with Crippen LogP contribution in [0.3, 0.4) is 0 Å². The highest BCUT2D eigenvalue weighted by Gasteiger charge is 2.52. The van der Waals surface area contributed by atoms with Gasteiger partial charge < -0.3 is 10.1 Å². The molecular formula is C19H25N3O4. The van der Waals surface area contributed by atoms with E-state index in [1.807, 2.05) is 12.1 Å². The van der Waals surface area contributed by atoms with Crippen molar-refractivity contribution in [2.45, 2.75) is 51.0 Å². The van der Waals surface area contributed by atoms with Crippen LogP contribution in [0.1, 0.15) is 44.6 Å². The van der Waals surface area contributed by atoms with Crippen LogP contribution in [-0.4, -0.2) is 46.5 Å². The number of hydrogen-bond donors (Lipinski definition) is 1. The van der Waals surface area contributed by atoms with E-state index in [9.17, 15) is 14.4 Å². The number of pyridine rings is 1. The molecule has 1 spiro atoms. The standard InChI is InChI=1S/C19H25N3O4/c1-14-6-8-19(9-7-14)17(24)22(18(25)21-19)13-16(23)26-11-3-5-15-4-2-10-20-12-15/h2,4,10,12,14H,3,5-9,11,13H2,1H3,(H,21,25). The van der Waals surface area contributed by atoms with Crippen LogP contribution in [0, 0.1) is 5.92 Å². The first-order chi connectivity index (χ1) is 12.5. The van der Waals surface area contributed by atoms with Crippen molar-refractivity contribution in [3.05, 3.63) is 30.1 Å². The number of nitrogens with one attached hydrogen (secondary N) is 1. The highest BCUT2D eigenvalue weighted by atomic mass is 16.5.